The van der Waals surface area contributed by atoms with Crippen LogP contribution < -0.4 is 4.90 Å². The molecule has 292 valence electrons. The second kappa shape index (κ2) is 16.1. The molecule has 0 bridgehead atoms. The Balaban J connectivity index is 0.998. The molecule has 0 saturated carbocycles. The van der Waals surface area contributed by atoms with Crippen molar-refractivity contribution >= 4 is 38.9 Å². The maximum atomic E-state index is 2.44. The average molecular weight is 791 g/mol. The molecule has 0 aliphatic rings. The first-order valence-electron chi connectivity index (χ1n) is 21.3. The molecule has 0 aliphatic heterocycles. The highest BCUT2D eigenvalue weighted by Gasteiger charge is 2.18. The number of para-hydroxylation sites is 2. The standard InChI is InChI=1S/C60H42N2/c1-5-17-43(18-6-1)44-29-34-50(35-30-44)61(49-23-11-4-12-24-49)51-36-31-47(32-37-51)53-25-13-14-26-54(53)48-33-39-57-56-27-15-16-28-59(56)62(60(57)41-48)52-38-40-55(45-19-7-2-8-20-45)58(42-52)46-21-9-3-10-22-46/h1-42H. The van der Waals surface area contributed by atoms with E-state index in [2.05, 4.69) is 264 Å². The van der Waals surface area contributed by atoms with Crippen molar-refractivity contribution in [2.45, 2.75) is 0 Å². The van der Waals surface area contributed by atoms with Crippen molar-refractivity contribution in [1.82, 2.24) is 4.57 Å². The Morgan fingerprint density at radius 1 is 0.242 bits per heavy atom. The average Bonchev–Trinajstić information content (AvgIpc) is 3.69. The molecule has 11 aromatic rings. The second-order valence-corrected chi connectivity index (χ2v) is 15.7. The van der Waals surface area contributed by atoms with E-state index >= 15 is 0 Å². The Morgan fingerprint density at radius 2 is 0.661 bits per heavy atom. The van der Waals surface area contributed by atoms with Crippen molar-refractivity contribution in [1.29, 1.82) is 0 Å². The lowest BCUT2D eigenvalue weighted by Crippen LogP contribution is -2.09. The molecule has 2 heteroatoms. The lowest BCUT2D eigenvalue weighted by molar-refractivity contribution is 1.18. The molecule has 11 rings (SSSR count). The zero-order valence-electron chi connectivity index (χ0n) is 34.1. The van der Waals surface area contributed by atoms with Crippen LogP contribution in [0.3, 0.4) is 0 Å². The Hall–Kier alpha value is -8.20. The van der Waals surface area contributed by atoms with E-state index in [0.717, 1.165) is 22.7 Å². The number of rotatable bonds is 9. The minimum absolute atomic E-state index is 1.10. The minimum atomic E-state index is 1.10. The van der Waals surface area contributed by atoms with Gasteiger partial charge in [-0.2, -0.15) is 0 Å². The van der Waals surface area contributed by atoms with Crippen LogP contribution in [0.5, 0.6) is 0 Å². The fraction of sp³-hybridized carbons (Fsp3) is 0. The van der Waals surface area contributed by atoms with Gasteiger partial charge in [0.25, 0.3) is 0 Å². The summed E-state index contributed by atoms with van der Waals surface area (Å²) in [5.74, 6) is 0. The van der Waals surface area contributed by atoms with E-state index in [1.54, 1.807) is 0 Å². The summed E-state index contributed by atoms with van der Waals surface area (Å²) in [6, 6.07) is 92.0. The zero-order valence-corrected chi connectivity index (χ0v) is 34.1. The molecule has 10 aromatic carbocycles. The van der Waals surface area contributed by atoms with Crippen molar-refractivity contribution in [3.63, 3.8) is 0 Å². The number of anilines is 3. The van der Waals surface area contributed by atoms with Crippen LogP contribution in [0.15, 0.2) is 255 Å². The molecule has 0 radical (unpaired) electrons. The van der Waals surface area contributed by atoms with Crippen LogP contribution in [-0.2, 0) is 0 Å². The number of benzene rings is 10. The third kappa shape index (κ3) is 6.84. The van der Waals surface area contributed by atoms with E-state index in [1.807, 2.05) is 0 Å². The Kier molecular flexibility index (Phi) is 9.57. The first-order chi connectivity index (χ1) is 30.8. The van der Waals surface area contributed by atoms with Gasteiger partial charge in [0.15, 0.2) is 0 Å². The normalized spacial score (nSPS) is 11.2. The van der Waals surface area contributed by atoms with Gasteiger partial charge in [0.05, 0.1) is 11.0 Å². The maximum Gasteiger partial charge on any atom is 0.0547 e. The molecule has 0 unspecified atom stereocenters. The summed E-state index contributed by atoms with van der Waals surface area (Å²) in [5.41, 5.74) is 18.8. The molecule has 0 atom stereocenters. The van der Waals surface area contributed by atoms with Crippen LogP contribution in [-0.4, -0.2) is 4.57 Å². The molecular formula is C60H42N2. The second-order valence-electron chi connectivity index (χ2n) is 15.7. The molecule has 1 aromatic heterocycles. The maximum absolute atomic E-state index is 2.44. The fourth-order valence-electron chi connectivity index (χ4n) is 9.05. The first-order valence-corrected chi connectivity index (χ1v) is 21.3. The quantitative estimate of drug-likeness (QED) is 0.141. The highest BCUT2D eigenvalue weighted by Crippen LogP contribution is 2.42. The first kappa shape index (κ1) is 36.8. The van der Waals surface area contributed by atoms with Crippen LogP contribution in [0.2, 0.25) is 0 Å². The van der Waals surface area contributed by atoms with Gasteiger partial charge in [0.2, 0.25) is 0 Å². The number of nitrogens with zero attached hydrogens (tertiary/aromatic N) is 2. The Bertz CT molecular complexity index is 3300. The van der Waals surface area contributed by atoms with Gasteiger partial charge in [-0.15, -0.1) is 0 Å². The predicted molar refractivity (Wildman–Crippen MR) is 263 cm³/mol. The summed E-state index contributed by atoms with van der Waals surface area (Å²) in [5, 5.41) is 2.47. The van der Waals surface area contributed by atoms with Gasteiger partial charge in [0, 0.05) is 33.5 Å². The van der Waals surface area contributed by atoms with E-state index in [4.69, 9.17) is 0 Å². The number of hydrogen-bond donors (Lipinski definition) is 0. The van der Waals surface area contributed by atoms with Crippen LogP contribution in [0.4, 0.5) is 17.1 Å². The highest BCUT2D eigenvalue weighted by atomic mass is 15.1. The largest absolute Gasteiger partial charge is 0.311 e. The van der Waals surface area contributed by atoms with Crippen molar-refractivity contribution in [3.8, 4) is 61.3 Å². The van der Waals surface area contributed by atoms with Crippen molar-refractivity contribution in [2.24, 2.45) is 0 Å². The Morgan fingerprint density at radius 3 is 1.31 bits per heavy atom. The molecule has 2 nitrogen and oxygen atoms in total. The molecule has 62 heavy (non-hydrogen) atoms. The molecule has 0 N–H and O–H groups in total. The van der Waals surface area contributed by atoms with Gasteiger partial charge in [-0.3, -0.25) is 0 Å². The molecule has 0 aliphatic carbocycles. The minimum Gasteiger partial charge on any atom is -0.311 e. The number of hydrogen-bond acceptors (Lipinski definition) is 1. The molecular weight excluding hydrogens is 749 g/mol. The smallest absolute Gasteiger partial charge is 0.0547 e. The van der Waals surface area contributed by atoms with Gasteiger partial charge in [-0.05, 0) is 116 Å². The lowest BCUT2D eigenvalue weighted by atomic mass is 9.93. The zero-order chi connectivity index (χ0) is 41.2. The van der Waals surface area contributed by atoms with E-state index in [9.17, 15) is 0 Å². The number of aromatic nitrogens is 1. The van der Waals surface area contributed by atoms with E-state index in [-0.39, 0.29) is 0 Å². The van der Waals surface area contributed by atoms with Crippen molar-refractivity contribution < 1.29 is 0 Å². The molecule has 0 saturated heterocycles. The van der Waals surface area contributed by atoms with E-state index < -0.39 is 0 Å². The number of fused-ring (bicyclic) bond motifs is 3. The summed E-state index contributed by atoms with van der Waals surface area (Å²) in [7, 11) is 0. The summed E-state index contributed by atoms with van der Waals surface area (Å²) in [6.45, 7) is 0. The summed E-state index contributed by atoms with van der Waals surface area (Å²) < 4.78 is 2.44. The van der Waals surface area contributed by atoms with Crippen LogP contribution in [0.25, 0.3) is 83.1 Å². The third-order valence-electron chi connectivity index (χ3n) is 12.0. The van der Waals surface area contributed by atoms with Crippen molar-refractivity contribution in [3.05, 3.63) is 255 Å². The van der Waals surface area contributed by atoms with Crippen LogP contribution in [0.1, 0.15) is 0 Å². The van der Waals surface area contributed by atoms with Gasteiger partial charge < -0.3 is 9.47 Å². The molecule has 0 fully saturated rings. The van der Waals surface area contributed by atoms with Crippen molar-refractivity contribution in [2.75, 3.05) is 4.90 Å². The summed E-state index contributed by atoms with van der Waals surface area (Å²) in [4.78, 5) is 2.33. The molecule has 1 heterocycles. The predicted octanol–water partition coefficient (Wildman–Crippen LogP) is 16.6. The van der Waals surface area contributed by atoms with Gasteiger partial charge in [0.1, 0.15) is 0 Å². The van der Waals surface area contributed by atoms with E-state index in [0.29, 0.717) is 0 Å². The third-order valence-corrected chi connectivity index (χ3v) is 12.0. The fourth-order valence-corrected chi connectivity index (χ4v) is 9.05. The molecule has 0 spiro atoms. The summed E-state index contributed by atoms with van der Waals surface area (Å²) >= 11 is 0. The van der Waals surface area contributed by atoms with Gasteiger partial charge >= 0.3 is 0 Å². The van der Waals surface area contributed by atoms with E-state index in [1.165, 1.54) is 77.4 Å². The SMILES string of the molecule is c1ccc(-c2ccc(N(c3ccccc3)c3ccc(-c4ccccc4-c4ccc5c6ccccc6n(-c6ccc(-c7ccccc7)c(-c7ccccc7)c6)c5c4)cc3)cc2)cc1. The molecule has 0 amide bonds. The van der Waals surface area contributed by atoms with Crippen LogP contribution >= 0.6 is 0 Å². The lowest BCUT2D eigenvalue weighted by Gasteiger charge is -2.26. The van der Waals surface area contributed by atoms with Crippen LogP contribution in [0, 0.1) is 0 Å². The highest BCUT2D eigenvalue weighted by molar-refractivity contribution is 6.10. The summed E-state index contributed by atoms with van der Waals surface area (Å²) in [6.07, 6.45) is 0. The topological polar surface area (TPSA) is 8.17 Å². The van der Waals surface area contributed by atoms with Gasteiger partial charge in [-0.25, -0.2) is 0 Å². The Labute approximate surface area is 362 Å². The monoisotopic (exact) mass is 790 g/mol. The van der Waals surface area contributed by atoms with Gasteiger partial charge in [-0.1, -0.05) is 194 Å².